The molecule has 1 N–H and O–H groups in total. The van der Waals surface area contributed by atoms with E-state index in [2.05, 4.69) is 0 Å². The van der Waals surface area contributed by atoms with Crippen molar-refractivity contribution in [2.75, 3.05) is 18.0 Å². The zero-order valence-corrected chi connectivity index (χ0v) is 11.4. The van der Waals surface area contributed by atoms with Crippen molar-refractivity contribution in [3.63, 3.8) is 0 Å². The van der Waals surface area contributed by atoms with E-state index in [4.69, 9.17) is 22.0 Å². The second kappa shape index (κ2) is 5.50. The number of benzene rings is 1. The first-order valence-corrected chi connectivity index (χ1v) is 6.56. The largest absolute Gasteiger partial charge is 0.481 e. The molecule has 1 heterocycles. The van der Waals surface area contributed by atoms with Gasteiger partial charge in [0.25, 0.3) is 0 Å². The lowest BCUT2D eigenvalue weighted by atomic mass is 9.90. The van der Waals surface area contributed by atoms with E-state index in [1.165, 1.54) is 0 Å². The van der Waals surface area contributed by atoms with Crippen LogP contribution < -0.4 is 4.90 Å². The van der Waals surface area contributed by atoms with E-state index >= 15 is 0 Å². The highest BCUT2D eigenvalue weighted by molar-refractivity contribution is 6.32. The lowest BCUT2D eigenvalue weighted by molar-refractivity contribution is -0.142. The van der Waals surface area contributed by atoms with Crippen molar-refractivity contribution in [3.05, 3.63) is 28.8 Å². The van der Waals surface area contributed by atoms with Crippen molar-refractivity contribution >= 4 is 23.3 Å². The van der Waals surface area contributed by atoms with Crippen LogP contribution in [0.1, 0.15) is 18.9 Å². The van der Waals surface area contributed by atoms with Crippen molar-refractivity contribution in [1.82, 2.24) is 0 Å². The Morgan fingerprint density at radius 3 is 2.84 bits per heavy atom. The molecule has 2 rings (SSSR count). The number of nitrogens with zero attached hydrogens (tertiary/aromatic N) is 2. The number of nitriles is 1. The molecule has 1 aliphatic rings. The summed E-state index contributed by atoms with van der Waals surface area (Å²) in [4.78, 5) is 13.2. The summed E-state index contributed by atoms with van der Waals surface area (Å²) < 4.78 is 0. The number of carbonyl (C=O) groups is 1. The molecule has 19 heavy (non-hydrogen) atoms. The predicted octanol–water partition coefficient (Wildman–Crippen LogP) is 2.76. The maximum atomic E-state index is 11.1. The van der Waals surface area contributed by atoms with Crippen LogP contribution in [0.5, 0.6) is 0 Å². The van der Waals surface area contributed by atoms with Crippen LogP contribution in [0.4, 0.5) is 5.69 Å². The van der Waals surface area contributed by atoms with Crippen molar-refractivity contribution in [1.29, 1.82) is 5.26 Å². The van der Waals surface area contributed by atoms with Gasteiger partial charge < -0.3 is 10.0 Å². The number of hydrogen-bond donors (Lipinski definition) is 1. The Bertz CT molecular complexity index is 539. The summed E-state index contributed by atoms with van der Waals surface area (Å²) in [5.74, 6) is -0.779. The Hall–Kier alpha value is -1.73. The summed E-state index contributed by atoms with van der Waals surface area (Å²) in [7, 11) is 0. The molecule has 2 unspecified atom stereocenters. The summed E-state index contributed by atoms with van der Waals surface area (Å²) in [6.45, 7) is 3.35. The second-order valence-electron chi connectivity index (χ2n) is 5.06. The van der Waals surface area contributed by atoms with Gasteiger partial charge in [-0.2, -0.15) is 5.26 Å². The lowest BCUT2D eigenvalue weighted by Gasteiger charge is -2.36. The Balaban J connectivity index is 2.23. The quantitative estimate of drug-likeness (QED) is 0.903. The molecule has 1 aromatic rings. The normalized spacial score (nSPS) is 22.9. The van der Waals surface area contributed by atoms with E-state index in [1.807, 2.05) is 24.0 Å². The standard InChI is InChI=1S/C14H15ClN2O2/c1-9-4-11(14(18)19)8-17(7-9)12-3-2-10(6-16)13(15)5-12/h2-3,5,9,11H,4,7-8H2,1H3,(H,18,19). The molecule has 0 spiro atoms. The molecule has 0 bridgehead atoms. The number of anilines is 1. The average molecular weight is 279 g/mol. The maximum Gasteiger partial charge on any atom is 0.308 e. The summed E-state index contributed by atoms with van der Waals surface area (Å²) >= 11 is 6.02. The summed E-state index contributed by atoms with van der Waals surface area (Å²) in [5.41, 5.74) is 1.31. The van der Waals surface area contributed by atoms with Gasteiger partial charge in [-0.25, -0.2) is 0 Å². The molecule has 0 radical (unpaired) electrons. The van der Waals surface area contributed by atoms with Gasteiger partial charge in [-0.1, -0.05) is 18.5 Å². The van der Waals surface area contributed by atoms with Crippen LogP contribution in [0.3, 0.4) is 0 Å². The molecule has 4 nitrogen and oxygen atoms in total. The molecule has 1 aromatic carbocycles. The summed E-state index contributed by atoms with van der Waals surface area (Å²) in [6.07, 6.45) is 0.704. The Morgan fingerprint density at radius 2 is 2.26 bits per heavy atom. The van der Waals surface area contributed by atoms with E-state index in [0.29, 0.717) is 29.5 Å². The van der Waals surface area contributed by atoms with Crippen LogP contribution >= 0.6 is 11.6 Å². The van der Waals surface area contributed by atoms with Gasteiger partial charge in [0.15, 0.2) is 0 Å². The van der Waals surface area contributed by atoms with Crippen molar-refractivity contribution in [2.45, 2.75) is 13.3 Å². The Morgan fingerprint density at radius 1 is 1.53 bits per heavy atom. The molecular weight excluding hydrogens is 264 g/mol. The van der Waals surface area contributed by atoms with Gasteiger partial charge in [0, 0.05) is 18.8 Å². The third kappa shape index (κ3) is 2.99. The van der Waals surface area contributed by atoms with Gasteiger partial charge >= 0.3 is 5.97 Å². The third-order valence-corrected chi connectivity index (χ3v) is 3.76. The fraction of sp³-hybridized carbons (Fsp3) is 0.429. The molecule has 1 fully saturated rings. The fourth-order valence-electron chi connectivity index (χ4n) is 2.53. The van der Waals surface area contributed by atoms with Crippen LogP contribution in [0.2, 0.25) is 5.02 Å². The minimum Gasteiger partial charge on any atom is -0.481 e. The van der Waals surface area contributed by atoms with Crippen LogP contribution in [0.25, 0.3) is 0 Å². The average Bonchev–Trinajstić information content (AvgIpc) is 2.37. The molecule has 5 heteroatoms. The van der Waals surface area contributed by atoms with Gasteiger partial charge in [-0.3, -0.25) is 4.79 Å². The molecular formula is C14H15ClN2O2. The molecule has 0 aliphatic carbocycles. The topological polar surface area (TPSA) is 64.3 Å². The van der Waals surface area contributed by atoms with Gasteiger partial charge in [-0.05, 0) is 30.5 Å². The van der Waals surface area contributed by atoms with Crippen LogP contribution in [0, 0.1) is 23.2 Å². The SMILES string of the molecule is CC1CC(C(=O)O)CN(c2ccc(C#N)c(Cl)c2)C1. The molecule has 1 aliphatic heterocycles. The minimum atomic E-state index is -0.753. The number of carboxylic acid groups (broad SMARTS) is 1. The summed E-state index contributed by atoms with van der Waals surface area (Å²) in [5, 5.41) is 18.4. The van der Waals surface area contributed by atoms with Gasteiger partial charge in [0.1, 0.15) is 6.07 Å². The zero-order chi connectivity index (χ0) is 14.0. The first-order valence-electron chi connectivity index (χ1n) is 6.18. The highest BCUT2D eigenvalue weighted by atomic mass is 35.5. The summed E-state index contributed by atoms with van der Waals surface area (Å²) in [6, 6.07) is 7.24. The number of piperidine rings is 1. The van der Waals surface area contributed by atoms with Crippen LogP contribution in [-0.4, -0.2) is 24.2 Å². The maximum absolute atomic E-state index is 11.1. The van der Waals surface area contributed by atoms with Gasteiger partial charge in [-0.15, -0.1) is 0 Å². The fourth-order valence-corrected chi connectivity index (χ4v) is 2.75. The van der Waals surface area contributed by atoms with E-state index in [1.54, 1.807) is 12.1 Å². The number of halogens is 1. The van der Waals surface area contributed by atoms with E-state index in [0.717, 1.165) is 12.2 Å². The van der Waals surface area contributed by atoms with Crippen molar-refractivity contribution < 1.29 is 9.90 Å². The smallest absolute Gasteiger partial charge is 0.308 e. The Kier molecular flexibility index (Phi) is 3.96. The molecule has 1 saturated heterocycles. The van der Waals surface area contributed by atoms with E-state index in [-0.39, 0.29) is 5.92 Å². The lowest BCUT2D eigenvalue weighted by Crippen LogP contribution is -2.42. The van der Waals surface area contributed by atoms with Gasteiger partial charge in [0.2, 0.25) is 0 Å². The molecule has 100 valence electrons. The molecule has 0 aromatic heterocycles. The number of hydrogen-bond acceptors (Lipinski definition) is 3. The second-order valence-corrected chi connectivity index (χ2v) is 5.46. The molecule has 0 saturated carbocycles. The van der Waals surface area contributed by atoms with Crippen molar-refractivity contribution in [2.24, 2.45) is 11.8 Å². The number of rotatable bonds is 2. The zero-order valence-electron chi connectivity index (χ0n) is 10.6. The molecule has 2 atom stereocenters. The van der Waals surface area contributed by atoms with Crippen LogP contribution in [0.15, 0.2) is 18.2 Å². The van der Waals surface area contributed by atoms with Gasteiger partial charge in [0.05, 0.1) is 16.5 Å². The first kappa shape index (κ1) is 13.7. The highest BCUT2D eigenvalue weighted by Gasteiger charge is 2.29. The van der Waals surface area contributed by atoms with Crippen LogP contribution in [-0.2, 0) is 4.79 Å². The van der Waals surface area contributed by atoms with E-state index in [9.17, 15) is 4.79 Å². The predicted molar refractivity (Wildman–Crippen MR) is 73.3 cm³/mol. The third-order valence-electron chi connectivity index (χ3n) is 3.45. The van der Waals surface area contributed by atoms with Crippen molar-refractivity contribution in [3.8, 4) is 6.07 Å². The number of carboxylic acids is 1. The molecule has 0 amide bonds. The monoisotopic (exact) mass is 278 g/mol. The van der Waals surface area contributed by atoms with E-state index < -0.39 is 5.97 Å². The Labute approximate surface area is 117 Å². The highest BCUT2D eigenvalue weighted by Crippen LogP contribution is 2.29. The first-order chi connectivity index (χ1) is 9.01. The minimum absolute atomic E-state index is 0.323. The number of aliphatic carboxylic acids is 1.